The largest absolute Gasteiger partial charge is 0.394 e. The van der Waals surface area contributed by atoms with Crippen molar-refractivity contribution in [1.29, 1.82) is 0 Å². The third-order valence-electron chi connectivity index (χ3n) is 12.8. The average Bonchev–Trinajstić information content (AvgIpc) is 3.25. The average molecular weight is 858 g/mol. The molecule has 1 fully saturated rings. The van der Waals surface area contributed by atoms with E-state index in [-0.39, 0.29) is 18.9 Å². The monoisotopic (exact) mass is 858 g/mol. The van der Waals surface area contributed by atoms with E-state index >= 15 is 0 Å². The predicted molar refractivity (Wildman–Crippen MR) is 246 cm³/mol. The summed E-state index contributed by atoms with van der Waals surface area (Å²) >= 11 is 0. The molecule has 10 heteroatoms. The van der Waals surface area contributed by atoms with Crippen molar-refractivity contribution in [1.82, 2.24) is 5.32 Å². The van der Waals surface area contributed by atoms with Crippen LogP contribution in [-0.4, -0.2) is 98.7 Å². The van der Waals surface area contributed by atoms with Crippen LogP contribution in [0.5, 0.6) is 0 Å². The van der Waals surface area contributed by atoms with Gasteiger partial charge in [0.25, 0.3) is 0 Å². The van der Waals surface area contributed by atoms with Gasteiger partial charge in [-0.15, -0.1) is 0 Å². The van der Waals surface area contributed by atoms with E-state index in [1.807, 2.05) is 0 Å². The third-order valence-corrected chi connectivity index (χ3v) is 12.8. The number of carbonyl (C=O) groups excluding carboxylic acids is 1. The fourth-order valence-electron chi connectivity index (χ4n) is 8.61. The van der Waals surface area contributed by atoms with Gasteiger partial charge in [0.2, 0.25) is 5.91 Å². The summed E-state index contributed by atoms with van der Waals surface area (Å²) in [5.41, 5.74) is 0. The van der Waals surface area contributed by atoms with Crippen LogP contribution in [0.15, 0.2) is 0 Å². The minimum absolute atomic E-state index is 0.254. The summed E-state index contributed by atoms with van der Waals surface area (Å²) in [6.45, 7) is 3.60. The number of unbranched alkanes of at least 4 members (excludes halogenated alkanes) is 33. The van der Waals surface area contributed by atoms with Crippen LogP contribution in [0.4, 0.5) is 0 Å². The lowest BCUT2D eigenvalue weighted by molar-refractivity contribution is -0.303. The highest BCUT2D eigenvalue weighted by Gasteiger charge is 2.44. The second-order valence-electron chi connectivity index (χ2n) is 18.5. The van der Waals surface area contributed by atoms with Gasteiger partial charge in [-0.1, -0.05) is 232 Å². The van der Waals surface area contributed by atoms with E-state index in [1.165, 1.54) is 180 Å². The molecule has 8 atom stereocenters. The molecule has 0 aliphatic carbocycles. The fourth-order valence-corrected chi connectivity index (χ4v) is 8.61. The molecule has 7 N–H and O–H groups in total. The van der Waals surface area contributed by atoms with Crippen molar-refractivity contribution in [3.63, 3.8) is 0 Å². The highest BCUT2D eigenvalue weighted by molar-refractivity contribution is 5.76. The second-order valence-corrected chi connectivity index (χ2v) is 18.5. The van der Waals surface area contributed by atoms with Crippen LogP contribution in [0.2, 0.25) is 0 Å². The lowest BCUT2D eigenvalue weighted by Gasteiger charge is -2.40. The van der Waals surface area contributed by atoms with E-state index in [0.717, 1.165) is 44.9 Å². The lowest BCUT2D eigenvalue weighted by atomic mass is 9.98. The van der Waals surface area contributed by atoms with E-state index in [4.69, 9.17) is 9.47 Å². The standard InChI is InChI=1S/C50H99NO9/c1-3-5-7-9-11-13-14-15-16-17-18-19-20-21-22-23-24-25-26-27-28-29-31-33-35-37-39-45(54)51-42(41-59-50-49(58)48(57)47(56)44(40-52)60-50)46(55)43(53)38-36-34-32-30-12-10-8-6-4-2/h42-44,46-50,52-53,55-58H,3-41H2,1-2H3,(H,51,54)/t42-,43+,44+,46-,47+,48?,49?,50+/m0/s1. The number of carbonyl (C=O) groups is 1. The molecule has 1 amide bonds. The maximum absolute atomic E-state index is 13.0. The zero-order chi connectivity index (χ0) is 43.9. The zero-order valence-electron chi connectivity index (χ0n) is 39.1. The number of aliphatic hydroxyl groups excluding tert-OH is 6. The van der Waals surface area contributed by atoms with Gasteiger partial charge in [0.1, 0.15) is 30.5 Å². The summed E-state index contributed by atoms with van der Waals surface area (Å²) in [5, 5.41) is 65.1. The summed E-state index contributed by atoms with van der Waals surface area (Å²) < 4.78 is 11.2. The Labute approximate surface area is 368 Å². The van der Waals surface area contributed by atoms with Gasteiger partial charge in [0.15, 0.2) is 6.29 Å². The molecule has 1 heterocycles. The first kappa shape index (κ1) is 57.2. The third kappa shape index (κ3) is 30.3. The number of hydrogen-bond donors (Lipinski definition) is 7. The van der Waals surface area contributed by atoms with Crippen molar-refractivity contribution < 1.29 is 44.9 Å². The second kappa shape index (κ2) is 40.9. The van der Waals surface area contributed by atoms with Gasteiger partial charge in [-0.05, 0) is 12.8 Å². The number of nitrogens with one attached hydrogen (secondary N) is 1. The Balaban J connectivity index is 2.19. The van der Waals surface area contributed by atoms with Gasteiger partial charge >= 0.3 is 0 Å². The summed E-state index contributed by atoms with van der Waals surface area (Å²) in [6.07, 6.45) is 35.7. The molecule has 358 valence electrons. The first-order valence-corrected chi connectivity index (χ1v) is 25.8. The maximum atomic E-state index is 13.0. The number of aliphatic hydroxyl groups is 6. The number of hydrogen-bond acceptors (Lipinski definition) is 9. The van der Waals surface area contributed by atoms with Crippen LogP contribution in [0, 0.1) is 0 Å². The van der Waals surface area contributed by atoms with Crippen molar-refractivity contribution in [3.05, 3.63) is 0 Å². The number of amides is 1. The molecule has 2 unspecified atom stereocenters. The molecule has 0 aromatic heterocycles. The summed E-state index contributed by atoms with van der Waals surface area (Å²) in [6, 6.07) is -0.984. The highest BCUT2D eigenvalue weighted by atomic mass is 16.7. The Bertz CT molecular complexity index is 926. The molecular weight excluding hydrogens is 759 g/mol. The Morgan fingerprint density at radius 1 is 0.517 bits per heavy atom. The van der Waals surface area contributed by atoms with Crippen molar-refractivity contribution in [2.45, 2.75) is 300 Å². The molecule has 0 radical (unpaired) electrons. The number of ether oxygens (including phenoxy) is 2. The minimum Gasteiger partial charge on any atom is -0.394 e. The fraction of sp³-hybridized carbons (Fsp3) is 0.980. The Morgan fingerprint density at radius 2 is 0.867 bits per heavy atom. The van der Waals surface area contributed by atoms with Crippen molar-refractivity contribution in [3.8, 4) is 0 Å². The van der Waals surface area contributed by atoms with Gasteiger partial charge in [-0.25, -0.2) is 0 Å². The van der Waals surface area contributed by atoms with Crippen molar-refractivity contribution in [2.75, 3.05) is 13.2 Å². The van der Waals surface area contributed by atoms with Gasteiger partial charge < -0.3 is 45.4 Å². The van der Waals surface area contributed by atoms with Gasteiger partial charge in [-0.3, -0.25) is 4.79 Å². The predicted octanol–water partition coefficient (Wildman–Crippen LogP) is 10.5. The van der Waals surface area contributed by atoms with E-state index in [0.29, 0.717) is 6.42 Å². The molecule has 0 aromatic carbocycles. The SMILES string of the molecule is CCCCCCCCCCCCCCCCCCCCCCCCCCCCC(=O)N[C@@H](CO[C@@H]1O[C@H](CO)[C@@H](O)C(O)C1O)[C@H](O)[C@H](O)CCCCCCCCCCC. The van der Waals surface area contributed by atoms with E-state index in [1.54, 1.807) is 0 Å². The Hall–Kier alpha value is -0.850. The first-order chi connectivity index (χ1) is 29.3. The number of rotatable bonds is 44. The van der Waals surface area contributed by atoms with Crippen LogP contribution in [0.3, 0.4) is 0 Å². The van der Waals surface area contributed by atoms with Crippen molar-refractivity contribution in [2.24, 2.45) is 0 Å². The molecule has 0 bridgehead atoms. The van der Waals surface area contributed by atoms with Crippen LogP contribution >= 0.6 is 0 Å². The Morgan fingerprint density at radius 3 is 1.23 bits per heavy atom. The lowest BCUT2D eigenvalue weighted by Crippen LogP contribution is -2.60. The molecule has 60 heavy (non-hydrogen) atoms. The smallest absolute Gasteiger partial charge is 0.220 e. The minimum atomic E-state index is -1.60. The van der Waals surface area contributed by atoms with E-state index in [2.05, 4.69) is 19.2 Å². The van der Waals surface area contributed by atoms with Crippen LogP contribution < -0.4 is 5.32 Å². The van der Waals surface area contributed by atoms with Gasteiger partial charge in [0, 0.05) is 6.42 Å². The summed E-state index contributed by atoms with van der Waals surface area (Å²) in [7, 11) is 0. The molecule has 1 rings (SSSR count). The molecule has 1 aliphatic heterocycles. The van der Waals surface area contributed by atoms with Crippen molar-refractivity contribution >= 4 is 5.91 Å². The molecule has 0 spiro atoms. The molecule has 0 aromatic rings. The molecular formula is C50H99NO9. The molecule has 0 saturated carbocycles. The molecule has 1 saturated heterocycles. The van der Waals surface area contributed by atoms with Gasteiger partial charge in [0.05, 0.1) is 25.4 Å². The van der Waals surface area contributed by atoms with Crippen LogP contribution in [-0.2, 0) is 14.3 Å². The highest BCUT2D eigenvalue weighted by Crippen LogP contribution is 2.23. The maximum Gasteiger partial charge on any atom is 0.220 e. The molecule has 1 aliphatic rings. The Kier molecular flexibility index (Phi) is 39.0. The first-order valence-electron chi connectivity index (χ1n) is 25.8. The summed E-state index contributed by atoms with van der Waals surface area (Å²) in [4.78, 5) is 13.0. The van der Waals surface area contributed by atoms with Gasteiger partial charge in [-0.2, -0.15) is 0 Å². The van der Waals surface area contributed by atoms with Crippen LogP contribution in [0.1, 0.15) is 251 Å². The van der Waals surface area contributed by atoms with E-state index < -0.39 is 55.6 Å². The summed E-state index contributed by atoms with van der Waals surface area (Å²) in [5.74, 6) is -0.254. The molecule has 10 nitrogen and oxygen atoms in total. The van der Waals surface area contributed by atoms with Crippen LogP contribution in [0.25, 0.3) is 0 Å². The quantitative estimate of drug-likeness (QED) is 0.0295. The van der Waals surface area contributed by atoms with E-state index in [9.17, 15) is 35.4 Å². The topological polar surface area (TPSA) is 169 Å². The zero-order valence-corrected chi connectivity index (χ0v) is 39.1. The normalized spacial score (nSPS) is 21.0.